The van der Waals surface area contributed by atoms with Gasteiger partial charge >= 0.3 is 0 Å². The summed E-state index contributed by atoms with van der Waals surface area (Å²) >= 11 is 0. The van der Waals surface area contributed by atoms with Gasteiger partial charge < -0.3 is 5.32 Å². The van der Waals surface area contributed by atoms with Gasteiger partial charge in [-0.05, 0) is 18.1 Å². The maximum absolute atomic E-state index is 4.75. The molecule has 1 aliphatic heterocycles. The van der Waals surface area contributed by atoms with Crippen LogP contribution in [0.25, 0.3) is 0 Å². The monoisotopic (exact) mass is 254 g/mol. The predicted octanol–water partition coefficient (Wildman–Crippen LogP) is 2.02. The molecule has 0 saturated carbocycles. The molecule has 2 aromatic rings. The van der Waals surface area contributed by atoms with E-state index >= 15 is 0 Å². The number of hydrogen-bond acceptors (Lipinski definition) is 4. The lowest BCUT2D eigenvalue weighted by Gasteiger charge is -2.08. The molecule has 4 nitrogen and oxygen atoms in total. The third-order valence-electron chi connectivity index (χ3n) is 3.39. The Bertz CT molecular complexity index is 566. The summed E-state index contributed by atoms with van der Waals surface area (Å²) in [6, 6.07) is 4.03. The molecule has 2 aromatic heterocycles. The van der Waals surface area contributed by atoms with E-state index in [1.54, 1.807) is 6.20 Å². The van der Waals surface area contributed by atoms with Gasteiger partial charge in [0.1, 0.15) is 5.82 Å². The summed E-state index contributed by atoms with van der Waals surface area (Å²) in [5.41, 5.74) is 4.88. The molecule has 0 saturated heterocycles. The summed E-state index contributed by atoms with van der Waals surface area (Å²) in [4.78, 5) is 13.6. The highest BCUT2D eigenvalue weighted by Gasteiger charge is 2.18. The molecular formula is C15H18N4. The van der Waals surface area contributed by atoms with Crippen LogP contribution in [0, 0.1) is 0 Å². The van der Waals surface area contributed by atoms with Crippen molar-refractivity contribution in [2.45, 2.75) is 39.3 Å². The Balaban J connectivity index is 1.92. The van der Waals surface area contributed by atoms with Crippen molar-refractivity contribution < 1.29 is 0 Å². The van der Waals surface area contributed by atoms with E-state index in [0.717, 1.165) is 43.7 Å². The predicted molar refractivity (Wildman–Crippen MR) is 73.6 cm³/mol. The van der Waals surface area contributed by atoms with Gasteiger partial charge in [0.2, 0.25) is 0 Å². The van der Waals surface area contributed by atoms with Crippen molar-refractivity contribution in [3.63, 3.8) is 0 Å². The van der Waals surface area contributed by atoms with Crippen LogP contribution in [0.5, 0.6) is 0 Å². The molecule has 0 aliphatic carbocycles. The first-order valence-corrected chi connectivity index (χ1v) is 6.84. The van der Waals surface area contributed by atoms with E-state index in [2.05, 4.69) is 23.3 Å². The summed E-state index contributed by atoms with van der Waals surface area (Å²) in [6.07, 6.45) is 6.59. The van der Waals surface area contributed by atoms with Crippen LogP contribution in [0.15, 0.2) is 24.5 Å². The van der Waals surface area contributed by atoms with Gasteiger partial charge in [0.05, 0.1) is 5.69 Å². The fourth-order valence-electron chi connectivity index (χ4n) is 2.50. The van der Waals surface area contributed by atoms with Crippen molar-refractivity contribution in [3.8, 4) is 0 Å². The smallest absolute Gasteiger partial charge is 0.133 e. The number of aromatic nitrogens is 3. The van der Waals surface area contributed by atoms with Crippen LogP contribution in [0.4, 0.5) is 0 Å². The molecule has 1 N–H and O–H groups in total. The Kier molecular flexibility index (Phi) is 3.51. The molecule has 1 aliphatic rings. The maximum atomic E-state index is 4.75. The normalized spacial score (nSPS) is 13.5. The van der Waals surface area contributed by atoms with Gasteiger partial charge in [0.25, 0.3) is 0 Å². The lowest BCUT2D eigenvalue weighted by atomic mass is 10.1. The molecule has 3 heterocycles. The lowest BCUT2D eigenvalue weighted by Crippen LogP contribution is -2.06. The third-order valence-corrected chi connectivity index (χ3v) is 3.39. The second kappa shape index (κ2) is 5.45. The van der Waals surface area contributed by atoms with Crippen molar-refractivity contribution in [1.82, 2.24) is 20.3 Å². The summed E-state index contributed by atoms with van der Waals surface area (Å²) < 4.78 is 0. The third kappa shape index (κ3) is 2.63. The van der Waals surface area contributed by atoms with Gasteiger partial charge in [-0.2, -0.15) is 0 Å². The molecule has 0 bridgehead atoms. The van der Waals surface area contributed by atoms with Crippen LogP contribution in [0.1, 0.15) is 41.7 Å². The number of pyridine rings is 1. The molecule has 3 rings (SSSR count). The van der Waals surface area contributed by atoms with Crippen molar-refractivity contribution in [2.75, 3.05) is 0 Å². The second-order valence-electron chi connectivity index (χ2n) is 4.90. The first-order valence-electron chi connectivity index (χ1n) is 6.84. The molecular weight excluding hydrogens is 236 g/mol. The minimum absolute atomic E-state index is 0.762. The minimum atomic E-state index is 0.762. The van der Waals surface area contributed by atoms with E-state index in [1.807, 2.05) is 12.3 Å². The second-order valence-corrected chi connectivity index (χ2v) is 4.90. The Morgan fingerprint density at radius 2 is 2.21 bits per heavy atom. The molecule has 0 amide bonds. The Morgan fingerprint density at radius 1 is 1.26 bits per heavy atom. The van der Waals surface area contributed by atoms with Gasteiger partial charge in [0.15, 0.2) is 0 Å². The van der Waals surface area contributed by atoms with E-state index in [-0.39, 0.29) is 0 Å². The van der Waals surface area contributed by atoms with E-state index in [4.69, 9.17) is 9.97 Å². The van der Waals surface area contributed by atoms with Gasteiger partial charge in [0, 0.05) is 43.2 Å². The Morgan fingerprint density at radius 3 is 3.00 bits per heavy atom. The number of nitrogens with zero attached hydrogens (tertiary/aromatic N) is 3. The van der Waals surface area contributed by atoms with Crippen molar-refractivity contribution in [3.05, 3.63) is 52.9 Å². The van der Waals surface area contributed by atoms with Gasteiger partial charge in [-0.25, -0.2) is 9.97 Å². The quantitative estimate of drug-likeness (QED) is 0.907. The fraction of sp³-hybridized carbons (Fsp3) is 0.400. The summed E-state index contributed by atoms with van der Waals surface area (Å²) in [6.45, 7) is 3.98. The standard InChI is InChI=1S/C15H18N4/c1-2-4-13-12-9-17-10-14(12)19-15(18-13)7-11-5-3-6-16-8-11/h3,5-6,8,17H,2,4,7,9-10H2,1H3. The highest BCUT2D eigenvalue weighted by atomic mass is 15.0. The van der Waals surface area contributed by atoms with Crippen LogP contribution in [-0.4, -0.2) is 15.0 Å². The molecule has 0 unspecified atom stereocenters. The molecule has 0 fully saturated rings. The van der Waals surface area contributed by atoms with Crippen molar-refractivity contribution in [1.29, 1.82) is 0 Å². The Hall–Kier alpha value is -1.81. The zero-order valence-electron chi connectivity index (χ0n) is 11.2. The van der Waals surface area contributed by atoms with Crippen LogP contribution >= 0.6 is 0 Å². The molecule has 0 aromatic carbocycles. The highest BCUT2D eigenvalue weighted by molar-refractivity contribution is 5.30. The fourth-order valence-corrected chi connectivity index (χ4v) is 2.50. The SMILES string of the molecule is CCCc1nc(Cc2cccnc2)nc2c1CNC2. The van der Waals surface area contributed by atoms with E-state index < -0.39 is 0 Å². The summed E-state index contributed by atoms with van der Waals surface area (Å²) in [5.74, 6) is 0.916. The molecule has 4 heteroatoms. The molecule has 98 valence electrons. The number of hydrogen-bond donors (Lipinski definition) is 1. The maximum Gasteiger partial charge on any atom is 0.133 e. The number of rotatable bonds is 4. The van der Waals surface area contributed by atoms with E-state index in [1.165, 1.54) is 17.0 Å². The topological polar surface area (TPSA) is 50.7 Å². The molecule has 0 radical (unpaired) electrons. The minimum Gasteiger partial charge on any atom is -0.307 e. The molecule has 0 atom stereocenters. The van der Waals surface area contributed by atoms with Crippen LogP contribution in [0.3, 0.4) is 0 Å². The lowest BCUT2D eigenvalue weighted by molar-refractivity contribution is 0.753. The summed E-state index contributed by atoms with van der Waals surface area (Å²) in [7, 11) is 0. The van der Waals surface area contributed by atoms with Gasteiger partial charge in [-0.3, -0.25) is 4.98 Å². The number of fused-ring (bicyclic) bond motifs is 1. The van der Waals surface area contributed by atoms with Crippen LogP contribution < -0.4 is 5.32 Å². The van der Waals surface area contributed by atoms with E-state index in [9.17, 15) is 0 Å². The average molecular weight is 254 g/mol. The zero-order chi connectivity index (χ0) is 13.1. The average Bonchev–Trinajstić information content (AvgIpc) is 2.89. The van der Waals surface area contributed by atoms with Crippen LogP contribution in [-0.2, 0) is 25.9 Å². The largest absolute Gasteiger partial charge is 0.307 e. The van der Waals surface area contributed by atoms with E-state index in [0.29, 0.717) is 0 Å². The molecule has 19 heavy (non-hydrogen) atoms. The first-order chi connectivity index (χ1) is 9.36. The van der Waals surface area contributed by atoms with Crippen molar-refractivity contribution in [2.24, 2.45) is 0 Å². The van der Waals surface area contributed by atoms with Gasteiger partial charge in [-0.15, -0.1) is 0 Å². The highest BCUT2D eigenvalue weighted by Crippen LogP contribution is 2.19. The van der Waals surface area contributed by atoms with Crippen molar-refractivity contribution >= 4 is 0 Å². The van der Waals surface area contributed by atoms with Gasteiger partial charge in [-0.1, -0.05) is 19.4 Å². The first kappa shape index (κ1) is 12.2. The summed E-state index contributed by atoms with van der Waals surface area (Å²) in [5, 5.41) is 3.36. The zero-order valence-corrected chi connectivity index (χ0v) is 11.2. The number of nitrogens with one attached hydrogen (secondary N) is 1. The number of aryl methyl sites for hydroxylation is 1. The molecule has 0 spiro atoms. The van der Waals surface area contributed by atoms with Crippen LogP contribution in [0.2, 0.25) is 0 Å². The Labute approximate surface area is 113 Å².